The molecule has 3 heteroatoms. The van der Waals surface area contributed by atoms with Crippen LogP contribution in [0.2, 0.25) is 0 Å². The molecule has 1 atom stereocenters. The van der Waals surface area contributed by atoms with Crippen molar-refractivity contribution in [1.29, 1.82) is 0 Å². The highest BCUT2D eigenvalue weighted by molar-refractivity contribution is 5.37. The molecule has 0 bridgehead atoms. The Kier molecular flexibility index (Phi) is 4.07. The van der Waals surface area contributed by atoms with Crippen molar-refractivity contribution in [2.45, 2.75) is 18.9 Å². The normalized spacial score (nSPS) is 13.3. The second-order valence-electron chi connectivity index (χ2n) is 4.44. The minimum absolute atomic E-state index is 0.310. The highest BCUT2D eigenvalue weighted by Gasteiger charge is 2.23. The summed E-state index contributed by atoms with van der Waals surface area (Å²) in [5, 5.41) is 10.2. The minimum Gasteiger partial charge on any atom is -0.457 e. The lowest BCUT2D eigenvalue weighted by Gasteiger charge is -2.20. The number of terminal acetylenes is 1. The van der Waals surface area contributed by atoms with Crippen molar-refractivity contribution in [3.05, 3.63) is 59.9 Å². The van der Waals surface area contributed by atoms with E-state index >= 15 is 0 Å². The van der Waals surface area contributed by atoms with Gasteiger partial charge in [-0.05, 0) is 48.4 Å². The predicted molar refractivity (Wildman–Crippen MR) is 75.9 cm³/mol. The minimum atomic E-state index is -1.26. The number of hydrogen-bond acceptors (Lipinski definition) is 2. The molecular formula is C17H15FO2. The molecule has 0 aliphatic carbocycles. The maximum atomic E-state index is 12.8. The van der Waals surface area contributed by atoms with Crippen molar-refractivity contribution in [3.63, 3.8) is 0 Å². The number of hydrogen-bond donors (Lipinski definition) is 1. The van der Waals surface area contributed by atoms with Gasteiger partial charge in [-0.2, -0.15) is 0 Å². The van der Waals surface area contributed by atoms with E-state index in [9.17, 15) is 9.50 Å². The number of benzene rings is 2. The largest absolute Gasteiger partial charge is 0.457 e. The van der Waals surface area contributed by atoms with Gasteiger partial charge in [0.25, 0.3) is 0 Å². The van der Waals surface area contributed by atoms with Crippen LogP contribution in [0.5, 0.6) is 11.5 Å². The monoisotopic (exact) mass is 270 g/mol. The van der Waals surface area contributed by atoms with Crippen LogP contribution in [0.1, 0.15) is 18.9 Å². The van der Waals surface area contributed by atoms with E-state index < -0.39 is 5.60 Å². The molecule has 1 unspecified atom stereocenters. The smallest absolute Gasteiger partial charge is 0.150 e. The molecule has 0 radical (unpaired) electrons. The Balaban J connectivity index is 2.17. The summed E-state index contributed by atoms with van der Waals surface area (Å²) in [6, 6.07) is 12.6. The van der Waals surface area contributed by atoms with Crippen molar-refractivity contribution in [1.82, 2.24) is 0 Å². The summed E-state index contributed by atoms with van der Waals surface area (Å²) in [5.41, 5.74) is -0.608. The van der Waals surface area contributed by atoms with E-state index in [4.69, 9.17) is 11.2 Å². The van der Waals surface area contributed by atoms with Crippen LogP contribution in [0, 0.1) is 18.2 Å². The summed E-state index contributed by atoms with van der Waals surface area (Å²) >= 11 is 0. The molecule has 2 aromatic carbocycles. The molecule has 0 aromatic heterocycles. The zero-order chi connectivity index (χ0) is 14.6. The Morgan fingerprint density at radius 3 is 2.05 bits per heavy atom. The van der Waals surface area contributed by atoms with Gasteiger partial charge < -0.3 is 9.84 Å². The zero-order valence-corrected chi connectivity index (χ0v) is 11.1. The van der Waals surface area contributed by atoms with Gasteiger partial charge in [0, 0.05) is 0 Å². The van der Waals surface area contributed by atoms with Crippen LogP contribution in [-0.2, 0) is 5.60 Å². The van der Waals surface area contributed by atoms with Crippen LogP contribution in [-0.4, -0.2) is 5.11 Å². The van der Waals surface area contributed by atoms with Gasteiger partial charge in [0.2, 0.25) is 0 Å². The molecule has 1 N–H and O–H groups in total. The van der Waals surface area contributed by atoms with E-state index in [1.165, 1.54) is 12.1 Å². The molecule has 0 spiro atoms. The first kappa shape index (κ1) is 14.1. The molecule has 20 heavy (non-hydrogen) atoms. The average molecular weight is 270 g/mol. The third-order valence-corrected chi connectivity index (χ3v) is 3.13. The number of aliphatic hydroxyl groups is 1. The Labute approximate surface area is 117 Å². The fourth-order valence-corrected chi connectivity index (χ4v) is 1.83. The van der Waals surface area contributed by atoms with Gasteiger partial charge in [0.15, 0.2) is 0 Å². The Morgan fingerprint density at radius 2 is 1.60 bits per heavy atom. The second kappa shape index (κ2) is 5.77. The third kappa shape index (κ3) is 2.98. The van der Waals surface area contributed by atoms with Gasteiger partial charge >= 0.3 is 0 Å². The number of ether oxygens (including phenoxy) is 1. The second-order valence-corrected chi connectivity index (χ2v) is 4.44. The molecular weight excluding hydrogens is 255 g/mol. The van der Waals surface area contributed by atoms with E-state index in [1.54, 1.807) is 36.4 Å². The van der Waals surface area contributed by atoms with Crippen LogP contribution in [0.25, 0.3) is 0 Å². The lowest BCUT2D eigenvalue weighted by Crippen LogP contribution is -2.21. The van der Waals surface area contributed by atoms with Gasteiger partial charge in [-0.25, -0.2) is 4.39 Å². The standard InChI is InChI=1S/C17H15FO2/c1-3-17(19,4-2)13-5-9-15(10-6-13)20-16-11-7-14(18)8-12-16/h1,5-12,19H,4H2,2H3. The summed E-state index contributed by atoms with van der Waals surface area (Å²) in [6.07, 6.45) is 5.79. The van der Waals surface area contributed by atoms with Gasteiger partial charge in [0.1, 0.15) is 22.9 Å². The third-order valence-electron chi connectivity index (χ3n) is 3.13. The van der Waals surface area contributed by atoms with Gasteiger partial charge in [0.05, 0.1) is 0 Å². The first-order valence-corrected chi connectivity index (χ1v) is 6.31. The average Bonchev–Trinajstić information content (AvgIpc) is 2.49. The van der Waals surface area contributed by atoms with E-state index in [0.29, 0.717) is 23.5 Å². The molecule has 0 aliphatic heterocycles. The van der Waals surface area contributed by atoms with E-state index in [0.717, 1.165) is 0 Å². The van der Waals surface area contributed by atoms with E-state index in [1.807, 2.05) is 6.92 Å². The molecule has 2 rings (SSSR count). The summed E-state index contributed by atoms with van der Waals surface area (Å²) in [4.78, 5) is 0. The molecule has 0 amide bonds. The molecule has 0 aliphatic rings. The van der Waals surface area contributed by atoms with Crippen LogP contribution >= 0.6 is 0 Å². The zero-order valence-electron chi connectivity index (χ0n) is 11.1. The number of rotatable bonds is 4. The Morgan fingerprint density at radius 1 is 1.10 bits per heavy atom. The first-order chi connectivity index (χ1) is 9.57. The SMILES string of the molecule is C#CC(O)(CC)c1ccc(Oc2ccc(F)cc2)cc1. The predicted octanol–water partition coefficient (Wildman–Crippen LogP) is 3.85. The van der Waals surface area contributed by atoms with Crippen molar-refractivity contribution >= 4 is 0 Å². The van der Waals surface area contributed by atoms with Crippen molar-refractivity contribution in [2.24, 2.45) is 0 Å². The summed E-state index contributed by atoms with van der Waals surface area (Å²) < 4.78 is 18.4. The molecule has 0 saturated carbocycles. The lowest BCUT2D eigenvalue weighted by atomic mass is 9.92. The van der Waals surface area contributed by atoms with Crippen LogP contribution in [0.15, 0.2) is 48.5 Å². The van der Waals surface area contributed by atoms with Crippen LogP contribution in [0.4, 0.5) is 4.39 Å². The van der Waals surface area contributed by atoms with Crippen molar-refractivity contribution < 1.29 is 14.2 Å². The Bertz CT molecular complexity index is 611. The molecule has 0 saturated heterocycles. The summed E-state index contributed by atoms with van der Waals surface area (Å²) in [5.74, 6) is 3.22. The van der Waals surface area contributed by atoms with Crippen molar-refractivity contribution in [3.8, 4) is 23.8 Å². The molecule has 2 aromatic rings. The van der Waals surface area contributed by atoms with Gasteiger partial charge in [-0.15, -0.1) is 6.42 Å². The lowest BCUT2D eigenvalue weighted by molar-refractivity contribution is 0.0961. The Hall–Kier alpha value is -2.31. The summed E-state index contributed by atoms with van der Waals surface area (Å²) in [7, 11) is 0. The topological polar surface area (TPSA) is 29.5 Å². The quantitative estimate of drug-likeness (QED) is 0.855. The van der Waals surface area contributed by atoms with Crippen molar-refractivity contribution in [2.75, 3.05) is 0 Å². The van der Waals surface area contributed by atoms with Crippen LogP contribution < -0.4 is 4.74 Å². The van der Waals surface area contributed by atoms with E-state index in [2.05, 4.69) is 5.92 Å². The molecule has 0 fully saturated rings. The highest BCUT2D eigenvalue weighted by Crippen LogP contribution is 2.27. The van der Waals surface area contributed by atoms with E-state index in [-0.39, 0.29) is 5.82 Å². The fourth-order valence-electron chi connectivity index (χ4n) is 1.83. The first-order valence-electron chi connectivity index (χ1n) is 6.31. The summed E-state index contributed by atoms with van der Waals surface area (Å²) in [6.45, 7) is 1.82. The van der Waals surface area contributed by atoms with Crippen LogP contribution in [0.3, 0.4) is 0 Å². The maximum absolute atomic E-state index is 12.8. The molecule has 102 valence electrons. The fraction of sp³-hybridized carbons (Fsp3) is 0.176. The molecule has 0 heterocycles. The van der Waals surface area contributed by atoms with Gasteiger partial charge in [-0.1, -0.05) is 25.0 Å². The van der Waals surface area contributed by atoms with Gasteiger partial charge in [-0.3, -0.25) is 0 Å². The highest BCUT2D eigenvalue weighted by atomic mass is 19.1. The maximum Gasteiger partial charge on any atom is 0.150 e. The number of halogens is 1. The molecule has 2 nitrogen and oxygen atoms in total.